The number of hydrogen-bond donors (Lipinski definition) is 0. The number of rotatable bonds is 5. The zero-order valence-electron chi connectivity index (χ0n) is 11.0. The summed E-state index contributed by atoms with van der Waals surface area (Å²) in [6.07, 6.45) is 4.11. The van der Waals surface area contributed by atoms with Crippen LogP contribution in [0.1, 0.15) is 36.9 Å². The number of thioether (sulfide) groups is 1. The fourth-order valence-corrected chi connectivity index (χ4v) is 4.31. The molecule has 17 heavy (non-hydrogen) atoms. The summed E-state index contributed by atoms with van der Waals surface area (Å²) in [7, 11) is 2.25. The summed E-state index contributed by atoms with van der Waals surface area (Å²) in [5, 5.41) is 4.27. The van der Waals surface area contributed by atoms with E-state index in [1.165, 1.54) is 35.7 Å². The lowest BCUT2D eigenvalue weighted by Crippen LogP contribution is -2.29. The number of aromatic nitrogens is 1. The third-order valence-electron chi connectivity index (χ3n) is 3.46. The zero-order chi connectivity index (χ0) is 12.3. The Hall–Kier alpha value is -0.0600. The maximum atomic E-state index is 4.55. The van der Waals surface area contributed by atoms with Gasteiger partial charge in [-0.3, -0.25) is 4.90 Å². The third-order valence-corrected chi connectivity index (χ3v) is 5.52. The molecule has 1 aromatic heterocycles. The molecule has 0 N–H and O–H groups in total. The molecule has 0 aromatic carbocycles. The van der Waals surface area contributed by atoms with E-state index in [-0.39, 0.29) is 0 Å². The van der Waals surface area contributed by atoms with Gasteiger partial charge in [-0.1, -0.05) is 6.92 Å². The van der Waals surface area contributed by atoms with Crippen LogP contribution >= 0.6 is 23.1 Å². The average Bonchev–Trinajstić information content (AvgIpc) is 2.88. The lowest BCUT2D eigenvalue weighted by molar-refractivity contribution is 0.235. The van der Waals surface area contributed by atoms with Gasteiger partial charge in [0, 0.05) is 23.2 Å². The fraction of sp³-hybridized carbons (Fsp3) is 0.769. The van der Waals surface area contributed by atoms with Crippen LogP contribution < -0.4 is 0 Å². The molecule has 0 radical (unpaired) electrons. The minimum atomic E-state index is 0.765. The number of hydrogen-bond acceptors (Lipinski definition) is 4. The Bertz CT molecular complexity index is 351. The summed E-state index contributed by atoms with van der Waals surface area (Å²) < 4.78 is 0. The summed E-state index contributed by atoms with van der Waals surface area (Å²) in [6.45, 7) is 5.36. The molecule has 0 spiro atoms. The highest BCUT2D eigenvalue weighted by Crippen LogP contribution is 2.32. The van der Waals surface area contributed by atoms with Gasteiger partial charge in [0.05, 0.1) is 10.7 Å². The van der Waals surface area contributed by atoms with Gasteiger partial charge >= 0.3 is 0 Å². The topological polar surface area (TPSA) is 16.1 Å². The molecule has 2 nitrogen and oxygen atoms in total. The first-order valence-electron chi connectivity index (χ1n) is 6.42. The molecule has 1 fully saturated rings. The van der Waals surface area contributed by atoms with Gasteiger partial charge in [-0.15, -0.1) is 11.3 Å². The molecule has 0 unspecified atom stereocenters. The van der Waals surface area contributed by atoms with Crippen molar-refractivity contribution in [2.75, 3.05) is 12.8 Å². The molecule has 4 heteroatoms. The van der Waals surface area contributed by atoms with E-state index < -0.39 is 0 Å². The molecule has 96 valence electrons. The van der Waals surface area contributed by atoms with E-state index in [9.17, 15) is 0 Å². The van der Waals surface area contributed by atoms with Crippen LogP contribution in [-0.2, 0) is 6.54 Å². The van der Waals surface area contributed by atoms with E-state index in [0.717, 1.165) is 17.8 Å². The van der Waals surface area contributed by atoms with Gasteiger partial charge < -0.3 is 0 Å². The van der Waals surface area contributed by atoms with Gasteiger partial charge in [-0.05, 0) is 39.0 Å². The van der Waals surface area contributed by atoms with E-state index in [1.54, 1.807) is 11.3 Å². The predicted octanol–water partition coefficient (Wildman–Crippen LogP) is 3.56. The molecule has 0 aliphatic heterocycles. The van der Waals surface area contributed by atoms with Gasteiger partial charge in [-0.25, -0.2) is 4.98 Å². The molecule has 0 bridgehead atoms. The second-order valence-corrected chi connectivity index (χ2v) is 7.46. The highest BCUT2D eigenvalue weighted by Gasteiger charge is 2.27. The summed E-state index contributed by atoms with van der Waals surface area (Å²) in [4.78, 5) is 7.04. The zero-order valence-corrected chi connectivity index (χ0v) is 12.6. The standard InChI is InChI=1S/C13H22N2S2/c1-4-16-13-6-5-12(7-13)15(3)8-11-9-17-10(2)14-11/h9,12-13H,4-8H2,1-3H3/t12-,13-/m0/s1. The van der Waals surface area contributed by atoms with E-state index in [0.29, 0.717) is 0 Å². The van der Waals surface area contributed by atoms with Crippen LogP contribution in [0.3, 0.4) is 0 Å². The van der Waals surface area contributed by atoms with Crippen molar-refractivity contribution in [3.63, 3.8) is 0 Å². The Morgan fingerprint density at radius 3 is 3.00 bits per heavy atom. The highest BCUT2D eigenvalue weighted by molar-refractivity contribution is 7.99. The van der Waals surface area contributed by atoms with Crippen molar-refractivity contribution in [3.8, 4) is 0 Å². The molecule has 0 amide bonds. The second-order valence-electron chi connectivity index (χ2n) is 4.82. The van der Waals surface area contributed by atoms with Crippen LogP contribution in [0.4, 0.5) is 0 Å². The monoisotopic (exact) mass is 270 g/mol. The molecule has 1 aromatic rings. The average molecular weight is 270 g/mol. The molecule has 1 aliphatic carbocycles. The molecule has 2 atom stereocenters. The van der Waals surface area contributed by atoms with Crippen LogP contribution in [-0.4, -0.2) is 34.0 Å². The second kappa shape index (κ2) is 6.21. The predicted molar refractivity (Wildman–Crippen MR) is 77.9 cm³/mol. The summed E-state index contributed by atoms with van der Waals surface area (Å²) >= 11 is 3.89. The van der Waals surface area contributed by atoms with Crippen molar-refractivity contribution >= 4 is 23.1 Å². The minimum Gasteiger partial charge on any atom is -0.298 e. The SMILES string of the molecule is CCS[C@H]1CC[C@H](N(C)Cc2csc(C)n2)C1. The smallest absolute Gasteiger partial charge is 0.0897 e. The normalized spacial score (nSPS) is 24.7. The first-order valence-corrected chi connectivity index (χ1v) is 8.34. The van der Waals surface area contributed by atoms with E-state index in [1.807, 2.05) is 0 Å². The van der Waals surface area contributed by atoms with Gasteiger partial charge in [0.1, 0.15) is 0 Å². The van der Waals surface area contributed by atoms with Gasteiger partial charge in [-0.2, -0.15) is 11.8 Å². The summed E-state index contributed by atoms with van der Waals surface area (Å²) in [5.41, 5.74) is 1.24. The molecule has 2 rings (SSSR count). The Morgan fingerprint density at radius 1 is 1.53 bits per heavy atom. The van der Waals surface area contributed by atoms with Crippen molar-refractivity contribution in [2.24, 2.45) is 0 Å². The lowest BCUT2D eigenvalue weighted by atomic mass is 10.2. The van der Waals surface area contributed by atoms with Crippen LogP contribution in [0, 0.1) is 6.92 Å². The Labute approximate surface area is 113 Å². The molecular formula is C13H22N2S2. The quantitative estimate of drug-likeness (QED) is 0.814. The highest BCUT2D eigenvalue weighted by atomic mass is 32.2. The van der Waals surface area contributed by atoms with E-state index in [2.05, 4.69) is 47.9 Å². The maximum Gasteiger partial charge on any atom is 0.0897 e. The van der Waals surface area contributed by atoms with Crippen molar-refractivity contribution in [2.45, 2.75) is 50.9 Å². The Balaban J connectivity index is 1.82. The summed E-state index contributed by atoms with van der Waals surface area (Å²) in [6, 6.07) is 0.765. The first kappa shape index (κ1) is 13.4. The first-order chi connectivity index (χ1) is 8.19. The maximum absolute atomic E-state index is 4.55. The number of nitrogens with zero attached hydrogens (tertiary/aromatic N) is 2. The van der Waals surface area contributed by atoms with Crippen LogP contribution in [0.5, 0.6) is 0 Å². The Kier molecular flexibility index (Phi) is 4.88. The van der Waals surface area contributed by atoms with E-state index in [4.69, 9.17) is 0 Å². The van der Waals surface area contributed by atoms with Crippen molar-refractivity contribution in [1.82, 2.24) is 9.88 Å². The molecule has 1 saturated carbocycles. The van der Waals surface area contributed by atoms with Crippen LogP contribution in [0.15, 0.2) is 5.38 Å². The number of aryl methyl sites for hydroxylation is 1. The largest absolute Gasteiger partial charge is 0.298 e. The molecule has 1 heterocycles. The van der Waals surface area contributed by atoms with Gasteiger partial charge in [0.15, 0.2) is 0 Å². The molecular weight excluding hydrogens is 248 g/mol. The molecule has 1 aliphatic rings. The number of thiazole rings is 1. The van der Waals surface area contributed by atoms with Crippen molar-refractivity contribution < 1.29 is 0 Å². The summed E-state index contributed by atoms with van der Waals surface area (Å²) in [5.74, 6) is 1.26. The van der Waals surface area contributed by atoms with Gasteiger partial charge in [0.2, 0.25) is 0 Å². The Morgan fingerprint density at radius 2 is 2.35 bits per heavy atom. The van der Waals surface area contributed by atoms with Crippen LogP contribution in [0.2, 0.25) is 0 Å². The van der Waals surface area contributed by atoms with Crippen LogP contribution in [0.25, 0.3) is 0 Å². The van der Waals surface area contributed by atoms with Crippen molar-refractivity contribution in [3.05, 3.63) is 16.1 Å². The minimum absolute atomic E-state index is 0.765. The van der Waals surface area contributed by atoms with Crippen molar-refractivity contribution in [1.29, 1.82) is 0 Å². The fourth-order valence-electron chi connectivity index (χ4n) is 2.57. The molecule has 0 saturated heterocycles. The van der Waals surface area contributed by atoms with Gasteiger partial charge in [0.25, 0.3) is 0 Å². The third kappa shape index (κ3) is 3.70. The van der Waals surface area contributed by atoms with E-state index >= 15 is 0 Å². The lowest BCUT2D eigenvalue weighted by Gasteiger charge is -2.23.